The van der Waals surface area contributed by atoms with E-state index in [1.807, 2.05) is 0 Å². The summed E-state index contributed by atoms with van der Waals surface area (Å²) in [6.45, 7) is 2.31. The Balaban J connectivity index is 1.98. The van der Waals surface area contributed by atoms with Gasteiger partial charge in [-0.2, -0.15) is 0 Å². The van der Waals surface area contributed by atoms with Crippen molar-refractivity contribution in [3.8, 4) is 0 Å². The maximum atomic E-state index is 5.78. The monoisotopic (exact) mass is 267 g/mol. The Labute approximate surface area is 119 Å². The minimum atomic E-state index is 0.161. The van der Waals surface area contributed by atoms with Crippen LogP contribution in [0.5, 0.6) is 0 Å². The normalized spacial score (nSPS) is 29.4. The summed E-state index contributed by atoms with van der Waals surface area (Å²) in [6.07, 6.45) is 6.91. The number of fused-ring (bicyclic) bond motifs is 3. The number of likely N-dealkylation sites (N-methyl/N-ethyl adjacent to an activating group) is 1. The highest BCUT2D eigenvalue weighted by molar-refractivity contribution is 5.93. The third-order valence-corrected chi connectivity index (χ3v) is 5.34. The summed E-state index contributed by atoms with van der Waals surface area (Å²) in [7, 11) is 2.11. The van der Waals surface area contributed by atoms with Gasteiger partial charge in [0.25, 0.3) is 0 Å². The van der Waals surface area contributed by atoms with E-state index < -0.39 is 0 Å². The van der Waals surface area contributed by atoms with E-state index in [2.05, 4.69) is 43.6 Å². The molecule has 1 aromatic heterocycles. The van der Waals surface area contributed by atoms with Gasteiger partial charge in [0.1, 0.15) is 5.58 Å². The van der Waals surface area contributed by atoms with Crippen molar-refractivity contribution in [1.82, 2.24) is 5.32 Å². The fourth-order valence-corrected chi connectivity index (χ4v) is 4.52. The number of allylic oxidation sites excluding steroid dienone is 1. The van der Waals surface area contributed by atoms with Crippen LogP contribution in [-0.4, -0.2) is 12.6 Å². The van der Waals surface area contributed by atoms with E-state index in [0.29, 0.717) is 0 Å². The second-order valence-corrected chi connectivity index (χ2v) is 6.44. The number of hydrogen-bond donors (Lipinski definition) is 1. The Morgan fingerprint density at radius 1 is 1.30 bits per heavy atom. The minimum absolute atomic E-state index is 0.161. The number of furan rings is 1. The van der Waals surface area contributed by atoms with Crippen LogP contribution in [0.4, 0.5) is 0 Å². The van der Waals surface area contributed by atoms with Gasteiger partial charge in [0.15, 0.2) is 0 Å². The van der Waals surface area contributed by atoms with E-state index in [-0.39, 0.29) is 5.54 Å². The Kier molecular flexibility index (Phi) is 2.58. The molecule has 1 N–H and O–H groups in total. The van der Waals surface area contributed by atoms with E-state index in [1.165, 1.54) is 47.8 Å². The smallest absolute Gasteiger partial charge is 0.141 e. The highest BCUT2D eigenvalue weighted by Crippen LogP contribution is 2.52. The Bertz CT molecular complexity index is 696. The molecule has 0 aliphatic heterocycles. The molecular formula is C18H21NO. The highest BCUT2D eigenvalue weighted by atomic mass is 16.3. The summed E-state index contributed by atoms with van der Waals surface area (Å²) in [4.78, 5) is 0. The third kappa shape index (κ3) is 1.55. The third-order valence-electron chi connectivity index (χ3n) is 5.34. The zero-order valence-corrected chi connectivity index (χ0v) is 12.2. The molecule has 0 saturated heterocycles. The van der Waals surface area contributed by atoms with Crippen LogP contribution < -0.4 is 5.32 Å². The molecule has 2 nitrogen and oxygen atoms in total. The number of nitrogens with one attached hydrogen (secondary N) is 1. The fourth-order valence-electron chi connectivity index (χ4n) is 4.52. The van der Waals surface area contributed by atoms with Crippen LogP contribution in [0.1, 0.15) is 38.2 Å². The molecule has 2 heteroatoms. The van der Waals surface area contributed by atoms with Crippen molar-refractivity contribution in [3.63, 3.8) is 0 Å². The van der Waals surface area contributed by atoms with Gasteiger partial charge in [0, 0.05) is 16.5 Å². The molecule has 104 valence electrons. The second-order valence-electron chi connectivity index (χ2n) is 6.44. The van der Waals surface area contributed by atoms with Crippen LogP contribution in [0.15, 0.2) is 40.5 Å². The minimum Gasteiger partial charge on any atom is -0.464 e. The first-order valence-corrected chi connectivity index (χ1v) is 7.59. The summed E-state index contributed by atoms with van der Waals surface area (Å²) < 4.78 is 5.78. The van der Waals surface area contributed by atoms with Crippen molar-refractivity contribution in [2.75, 3.05) is 7.05 Å². The lowest BCUT2D eigenvalue weighted by molar-refractivity contribution is 0.415. The van der Waals surface area contributed by atoms with Crippen molar-refractivity contribution in [3.05, 3.63) is 41.7 Å². The number of hydrogen-bond acceptors (Lipinski definition) is 2. The van der Waals surface area contributed by atoms with Gasteiger partial charge in [-0.15, -0.1) is 0 Å². The van der Waals surface area contributed by atoms with E-state index >= 15 is 0 Å². The van der Waals surface area contributed by atoms with Crippen molar-refractivity contribution >= 4 is 16.5 Å². The Morgan fingerprint density at radius 3 is 3.05 bits per heavy atom. The largest absolute Gasteiger partial charge is 0.464 e. The van der Waals surface area contributed by atoms with E-state index in [9.17, 15) is 0 Å². The molecule has 0 spiro atoms. The van der Waals surface area contributed by atoms with Gasteiger partial charge in [0.05, 0.1) is 6.26 Å². The van der Waals surface area contributed by atoms with Crippen molar-refractivity contribution in [2.24, 2.45) is 5.92 Å². The summed E-state index contributed by atoms with van der Waals surface area (Å²) in [6, 6.07) is 8.56. The van der Waals surface area contributed by atoms with Crippen LogP contribution in [0.2, 0.25) is 0 Å². The molecule has 0 radical (unpaired) electrons. The molecular weight excluding hydrogens is 246 g/mol. The lowest BCUT2D eigenvalue weighted by Gasteiger charge is -2.37. The zero-order valence-electron chi connectivity index (χ0n) is 12.2. The maximum Gasteiger partial charge on any atom is 0.141 e. The first-order chi connectivity index (χ1) is 9.73. The van der Waals surface area contributed by atoms with Crippen LogP contribution in [0.3, 0.4) is 0 Å². The van der Waals surface area contributed by atoms with Gasteiger partial charge in [-0.05, 0) is 57.2 Å². The van der Waals surface area contributed by atoms with Gasteiger partial charge in [0.2, 0.25) is 0 Å². The molecule has 2 aromatic rings. The number of para-hydroxylation sites is 1. The van der Waals surface area contributed by atoms with Gasteiger partial charge in [-0.1, -0.05) is 23.8 Å². The maximum absolute atomic E-state index is 5.78. The zero-order chi connectivity index (χ0) is 13.7. The SMILES string of the molecule is CNC12CCC(CC(C)=C1c1cccc3ccoc13)C2. The predicted molar refractivity (Wildman–Crippen MR) is 82.6 cm³/mol. The van der Waals surface area contributed by atoms with Crippen LogP contribution >= 0.6 is 0 Å². The van der Waals surface area contributed by atoms with Crippen molar-refractivity contribution < 1.29 is 4.42 Å². The molecule has 0 amide bonds. The lowest BCUT2D eigenvalue weighted by Crippen LogP contribution is -2.43. The molecule has 1 aromatic carbocycles. The molecule has 1 fully saturated rings. The first-order valence-electron chi connectivity index (χ1n) is 7.59. The molecule has 1 heterocycles. The van der Waals surface area contributed by atoms with Gasteiger partial charge in [-0.25, -0.2) is 0 Å². The quantitative estimate of drug-likeness (QED) is 0.874. The van der Waals surface area contributed by atoms with Gasteiger partial charge in [-0.3, -0.25) is 0 Å². The molecule has 4 rings (SSSR count). The Hall–Kier alpha value is -1.54. The molecule has 2 unspecified atom stereocenters. The molecule has 2 aliphatic carbocycles. The highest BCUT2D eigenvalue weighted by Gasteiger charge is 2.45. The van der Waals surface area contributed by atoms with E-state index in [0.717, 1.165) is 11.5 Å². The number of benzene rings is 1. The summed E-state index contributed by atoms with van der Waals surface area (Å²) in [5, 5.41) is 4.85. The lowest BCUT2D eigenvalue weighted by atomic mass is 9.74. The van der Waals surface area contributed by atoms with Crippen molar-refractivity contribution in [2.45, 2.75) is 38.1 Å². The average Bonchev–Trinajstić information content (AvgIpc) is 3.05. The molecule has 1 saturated carbocycles. The van der Waals surface area contributed by atoms with Crippen LogP contribution in [-0.2, 0) is 0 Å². The molecule has 2 aliphatic rings. The van der Waals surface area contributed by atoms with Gasteiger partial charge < -0.3 is 9.73 Å². The topological polar surface area (TPSA) is 25.2 Å². The first kappa shape index (κ1) is 12.2. The number of rotatable bonds is 2. The van der Waals surface area contributed by atoms with Gasteiger partial charge >= 0.3 is 0 Å². The fraction of sp³-hybridized carbons (Fsp3) is 0.444. The predicted octanol–water partition coefficient (Wildman–Crippen LogP) is 4.37. The van der Waals surface area contributed by atoms with E-state index in [1.54, 1.807) is 6.26 Å². The molecule has 2 atom stereocenters. The second kappa shape index (κ2) is 4.23. The summed E-state index contributed by atoms with van der Waals surface area (Å²) >= 11 is 0. The average molecular weight is 267 g/mol. The summed E-state index contributed by atoms with van der Waals surface area (Å²) in [5.74, 6) is 0.863. The van der Waals surface area contributed by atoms with Crippen LogP contribution in [0, 0.1) is 5.92 Å². The standard InChI is InChI=1S/C18H21NO/c1-12-10-13-6-8-18(11-13,19-2)16(12)15-5-3-4-14-7-9-20-17(14)15/h3-5,7,9,13,19H,6,8,10-11H2,1-2H3. The summed E-state index contributed by atoms with van der Waals surface area (Å²) in [5.41, 5.74) is 5.53. The molecule has 2 bridgehead atoms. The molecule has 20 heavy (non-hydrogen) atoms. The van der Waals surface area contributed by atoms with Crippen LogP contribution in [0.25, 0.3) is 16.5 Å². The van der Waals surface area contributed by atoms with E-state index in [4.69, 9.17) is 4.42 Å². The van der Waals surface area contributed by atoms with Crippen molar-refractivity contribution in [1.29, 1.82) is 0 Å². The Morgan fingerprint density at radius 2 is 2.20 bits per heavy atom.